The highest BCUT2D eigenvalue weighted by Crippen LogP contribution is 2.25. The van der Waals surface area contributed by atoms with E-state index in [4.69, 9.17) is 27.9 Å². The molecule has 0 unspecified atom stereocenters. The molecule has 0 bridgehead atoms. The van der Waals surface area contributed by atoms with Crippen LogP contribution in [0, 0.1) is 0 Å². The van der Waals surface area contributed by atoms with E-state index in [1.165, 1.54) is 11.8 Å². The van der Waals surface area contributed by atoms with Crippen LogP contribution in [0.15, 0.2) is 9.58 Å². The van der Waals surface area contributed by atoms with E-state index in [0.29, 0.717) is 11.7 Å². The van der Waals surface area contributed by atoms with Gasteiger partial charge in [-0.2, -0.15) is 0 Å². The molecule has 0 amide bonds. The summed E-state index contributed by atoms with van der Waals surface area (Å²) in [6.07, 6.45) is 0. The van der Waals surface area contributed by atoms with Crippen molar-refractivity contribution < 1.29 is 4.74 Å². The fourth-order valence-electron chi connectivity index (χ4n) is 0.413. The molecule has 0 radical (unpaired) electrons. The Labute approximate surface area is 75.7 Å². The molecule has 0 aromatic rings. The van der Waals surface area contributed by atoms with Gasteiger partial charge in [-0.05, 0) is 12.7 Å². The van der Waals surface area contributed by atoms with Crippen molar-refractivity contribution in [3.05, 3.63) is 9.58 Å². The van der Waals surface area contributed by atoms with Gasteiger partial charge >= 0.3 is 0 Å². The zero-order valence-corrected chi connectivity index (χ0v) is 8.31. The Morgan fingerprint density at radius 2 is 2.00 bits per heavy atom. The van der Waals surface area contributed by atoms with Gasteiger partial charge in [0.2, 0.25) is 0 Å². The van der Waals surface area contributed by atoms with E-state index in [1.54, 1.807) is 0 Å². The molecular formula is C6H10Cl2OS. The van der Waals surface area contributed by atoms with Crippen LogP contribution in [0.5, 0.6) is 0 Å². The molecule has 0 aliphatic rings. The van der Waals surface area contributed by atoms with Crippen molar-refractivity contribution in [2.24, 2.45) is 0 Å². The van der Waals surface area contributed by atoms with Crippen molar-refractivity contribution >= 4 is 35.0 Å². The summed E-state index contributed by atoms with van der Waals surface area (Å²) in [6.45, 7) is 4.51. The van der Waals surface area contributed by atoms with Crippen LogP contribution in [-0.2, 0) is 4.74 Å². The molecule has 0 aromatic heterocycles. The number of hydrogen-bond acceptors (Lipinski definition) is 2. The molecule has 10 heavy (non-hydrogen) atoms. The average Bonchev–Trinajstić information content (AvgIpc) is 1.87. The third kappa shape index (κ3) is 4.31. The van der Waals surface area contributed by atoms with E-state index < -0.39 is 0 Å². The topological polar surface area (TPSA) is 9.23 Å². The minimum Gasteiger partial charge on any atom is -0.485 e. The molecular weight excluding hydrogens is 191 g/mol. The van der Waals surface area contributed by atoms with Crippen molar-refractivity contribution in [2.75, 3.05) is 12.4 Å². The van der Waals surface area contributed by atoms with E-state index in [2.05, 4.69) is 0 Å². The smallest absolute Gasteiger partial charge is 0.183 e. The first-order valence-electron chi connectivity index (χ1n) is 3.03. The Morgan fingerprint density at radius 1 is 1.40 bits per heavy atom. The summed E-state index contributed by atoms with van der Waals surface area (Å²) in [6, 6.07) is 0. The second-order valence-corrected chi connectivity index (χ2v) is 3.60. The third-order valence-corrected chi connectivity index (χ3v) is 2.15. The second kappa shape index (κ2) is 6.20. The lowest BCUT2D eigenvalue weighted by molar-refractivity contribution is 0.258. The molecule has 0 saturated heterocycles. The summed E-state index contributed by atoms with van der Waals surface area (Å²) >= 11 is 12.5. The largest absolute Gasteiger partial charge is 0.485 e. The zero-order valence-electron chi connectivity index (χ0n) is 5.99. The standard InChI is InChI=1S/C6H10Cl2OS/c1-3-9-6(5(7)8)10-4-2/h3-4H2,1-2H3. The van der Waals surface area contributed by atoms with Crippen LogP contribution < -0.4 is 0 Å². The molecule has 0 N–H and O–H groups in total. The molecule has 4 heteroatoms. The monoisotopic (exact) mass is 200 g/mol. The van der Waals surface area contributed by atoms with E-state index in [0.717, 1.165) is 5.75 Å². The fraction of sp³-hybridized carbons (Fsp3) is 0.667. The maximum Gasteiger partial charge on any atom is 0.183 e. The quantitative estimate of drug-likeness (QED) is 0.645. The van der Waals surface area contributed by atoms with Crippen molar-refractivity contribution in [2.45, 2.75) is 13.8 Å². The summed E-state index contributed by atoms with van der Waals surface area (Å²) in [5.41, 5.74) is 0. The Kier molecular flexibility index (Phi) is 6.49. The number of hydrogen-bond donors (Lipinski definition) is 0. The Hall–Kier alpha value is 0.470. The first kappa shape index (κ1) is 10.5. The van der Waals surface area contributed by atoms with Gasteiger partial charge < -0.3 is 4.74 Å². The summed E-state index contributed by atoms with van der Waals surface area (Å²) < 4.78 is 5.34. The summed E-state index contributed by atoms with van der Waals surface area (Å²) in [4.78, 5) is 0. The lowest BCUT2D eigenvalue weighted by Crippen LogP contribution is -1.88. The van der Waals surface area contributed by atoms with Gasteiger partial charge in [0.1, 0.15) is 0 Å². The predicted octanol–water partition coefficient (Wildman–Crippen LogP) is 3.38. The van der Waals surface area contributed by atoms with Crippen molar-refractivity contribution in [1.82, 2.24) is 0 Å². The Bertz CT molecular complexity index is 113. The highest BCUT2D eigenvalue weighted by atomic mass is 35.5. The van der Waals surface area contributed by atoms with Crippen LogP contribution in [0.4, 0.5) is 0 Å². The maximum absolute atomic E-state index is 5.50. The normalized spacial score (nSPS) is 9.20. The lowest BCUT2D eigenvalue weighted by Gasteiger charge is -2.05. The average molecular weight is 201 g/mol. The van der Waals surface area contributed by atoms with E-state index >= 15 is 0 Å². The molecule has 60 valence electrons. The first-order valence-corrected chi connectivity index (χ1v) is 4.77. The SMILES string of the molecule is CCOC(SCC)=C(Cl)Cl. The number of halogens is 2. The lowest BCUT2D eigenvalue weighted by atomic mass is 10.9. The van der Waals surface area contributed by atoms with Crippen molar-refractivity contribution in [1.29, 1.82) is 0 Å². The van der Waals surface area contributed by atoms with E-state index in [-0.39, 0.29) is 4.49 Å². The van der Waals surface area contributed by atoms with Gasteiger partial charge in [0.15, 0.2) is 9.58 Å². The first-order chi connectivity index (χ1) is 4.72. The Balaban J connectivity index is 3.86. The maximum atomic E-state index is 5.50. The minimum absolute atomic E-state index is 0.216. The predicted molar refractivity (Wildman–Crippen MR) is 48.5 cm³/mol. The number of thioether (sulfide) groups is 1. The second-order valence-electron chi connectivity index (χ2n) is 1.41. The van der Waals surface area contributed by atoms with Gasteiger partial charge in [-0.15, -0.1) is 0 Å². The van der Waals surface area contributed by atoms with Crippen LogP contribution in [0.2, 0.25) is 0 Å². The van der Waals surface area contributed by atoms with Crippen LogP contribution in [0.1, 0.15) is 13.8 Å². The molecule has 0 spiro atoms. The molecule has 1 nitrogen and oxygen atoms in total. The van der Waals surface area contributed by atoms with Crippen LogP contribution >= 0.6 is 35.0 Å². The van der Waals surface area contributed by atoms with Crippen molar-refractivity contribution in [3.8, 4) is 0 Å². The van der Waals surface area contributed by atoms with Crippen LogP contribution in [-0.4, -0.2) is 12.4 Å². The fourth-order valence-corrected chi connectivity index (χ4v) is 1.42. The molecule has 0 aliphatic carbocycles. The molecule has 0 aromatic carbocycles. The molecule has 0 heterocycles. The van der Waals surface area contributed by atoms with Crippen molar-refractivity contribution in [3.63, 3.8) is 0 Å². The zero-order chi connectivity index (χ0) is 7.98. The van der Waals surface area contributed by atoms with Crippen LogP contribution in [0.25, 0.3) is 0 Å². The summed E-state index contributed by atoms with van der Waals surface area (Å²) in [7, 11) is 0. The van der Waals surface area contributed by atoms with Gasteiger partial charge in [0, 0.05) is 0 Å². The number of ether oxygens (including phenoxy) is 1. The van der Waals surface area contributed by atoms with Gasteiger partial charge in [-0.25, -0.2) is 0 Å². The Morgan fingerprint density at radius 3 is 2.30 bits per heavy atom. The van der Waals surface area contributed by atoms with Gasteiger partial charge in [-0.1, -0.05) is 41.9 Å². The molecule has 0 saturated carbocycles. The highest BCUT2D eigenvalue weighted by molar-refractivity contribution is 8.02. The summed E-state index contributed by atoms with van der Waals surface area (Å²) in [5.74, 6) is 0.915. The van der Waals surface area contributed by atoms with Gasteiger partial charge in [0.25, 0.3) is 0 Å². The van der Waals surface area contributed by atoms with Crippen LogP contribution in [0.3, 0.4) is 0 Å². The highest BCUT2D eigenvalue weighted by Gasteiger charge is 2.01. The van der Waals surface area contributed by atoms with Gasteiger partial charge in [0.05, 0.1) is 6.61 Å². The summed E-state index contributed by atoms with van der Waals surface area (Å²) in [5, 5.41) is 0.619. The molecule has 0 atom stereocenters. The third-order valence-electron chi connectivity index (χ3n) is 0.705. The molecule has 0 fully saturated rings. The number of rotatable bonds is 4. The molecule has 0 aliphatic heterocycles. The van der Waals surface area contributed by atoms with E-state index in [1.807, 2.05) is 13.8 Å². The minimum atomic E-state index is 0.216. The van der Waals surface area contributed by atoms with Gasteiger partial charge in [-0.3, -0.25) is 0 Å². The molecule has 0 rings (SSSR count). The van der Waals surface area contributed by atoms with E-state index in [9.17, 15) is 0 Å².